The zero-order chi connectivity index (χ0) is 11.0. The molecule has 0 fully saturated rings. The van der Waals surface area contributed by atoms with Gasteiger partial charge in [-0.3, -0.25) is 0 Å². The van der Waals surface area contributed by atoms with E-state index in [-0.39, 0.29) is 0 Å². The summed E-state index contributed by atoms with van der Waals surface area (Å²) in [7, 11) is 0. The molecule has 1 radical (unpaired) electrons. The van der Waals surface area contributed by atoms with E-state index in [1.54, 1.807) is 0 Å². The molecule has 77 valence electrons. The Labute approximate surface area is 92.9 Å². The summed E-state index contributed by atoms with van der Waals surface area (Å²) >= 11 is 0. The lowest BCUT2D eigenvalue weighted by Gasteiger charge is -1.99. The van der Waals surface area contributed by atoms with Crippen molar-refractivity contribution in [2.75, 3.05) is 5.73 Å². The summed E-state index contributed by atoms with van der Waals surface area (Å²) in [4.78, 5) is 7.71. The van der Waals surface area contributed by atoms with Crippen molar-refractivity contribution in [2.24, 2.45) is 0 Å². The van der Waals surface area contributed by atoms with Crippen molar-refractivity contribution in [3.8, 4) is 11.4 Å². The van der Waals surface area contributed by atoms with Crippen LogP contribution in [0.15, 0.2) is 42.5 Å². The zero-order valence-corrected chi connectivity index (χ0v) is 8.57. The number of nitrogens with two attached hydrogens (primary N) is 1. The van der Waals surface area contributed by atoms with Gasteiger partial charge in [0.05, 0.1) is 11.0 Å². The monoisotopic (exact) mass is 208 g/mol. The van der Waals surface area contributed by atoms with E-state index < -0.39 is 0 Å². The Bertz CT molecular complexity index is 607. The van der Waals surface area contributed by atoms with Gasteiger partial charge in [0, 0.05) is 11.3 Å². The van der Waals surface area contributed by atoms with Gasteiger partial charge in [-0.05, 0) is 24.3 Å². The fourth-order valence-corrected chi connectivity index (χ4v) is 1.73. The van der Waals surface area contributed by atoms with E-state index in [9.17, 15) is 0 Å². The minimum atomic E-state index is 0.682. The van der Waals surface area contributed by atoms with Gasteiger partial charge in [0.2, 0.25) is 0 Å². The zero-order valence-electron chi connectivity index (χ0n) is 8.57. The number of nitrogens with one attached hydrogen (secondary N) is 1. The van der Waals surface area contributed by atoms with Crippen molar-refractivity contribution < 1.29 is 0 Å². The van der Waals surface area contributed by atoms with Crippen LogP contribution in [0.1, 0.15) is 0 Å². The highest BCUT2D eigenvalue weighted by atomic mass is 14.9. The number of benzene rings is 2. The molecule has 3 nitrogen and oxygen atoms in total. The van der Waals surface area contributed by atoms with Crippen molar-refractivity contribution in [2.45, 2.75) is 0 Å². The van der Waals surface area contributed by atoms with Gasteiger partial charge in [0.25, 0.3) is 0 Å². The molecule has 3 rings (SSSR count). The van der Waals surface area contributed by atoms with Gasteiger partial charge in [-0.2, -0.15) is 0 Å². The molecule has 1 aromatic heterocycles. The molecule has 16 heavy (non-hydrogen) atoms. The van der Waals surface area contributed by atoms with Crippen LogP contribution < -0.4 is 5.73 Å². The maximum Gasteiger partial charge on any atom is 0.141 e. The van der Waals surface area contributed by atoms with E-state index in [0.29, 0.717) is 5.69 Å². The lowest BCUT2D eigenvalue weighted by Crippen LogP contribution is -1.90. The molecule has 0 spiro atoms. The molecule has 0 saturated carbocycles. The molecule has 3 heteroatoms. The summed E-state index contributed by atoms with van der Waals surface area (Å²) in [6.07, 6.45) is 0. The number of hydrogen-bond acceptors (Lipinski definition) is 2. The van der Waals surface area contributed by atoms with Crippen LogP contribution >= 0.6 is 0 Å². The summed E-state index contributed by atoms with van der Waals surface area (Å²) in [5.74, 6) is 0.763. The van der Waals surface area contributed by atoms with Gasteiger partial charge in [0.15, 0.2) is 0 Å². The van der Waals surface area contributed by atoms with Gasteiger partial charge in [-0.25, -0.2) is 4.98 Å². The third-order valence-corrected chi connectivity index (χ3v) is 2.51. The normalized spacial score (nSPS) is 10.8. The number of nitrogens with zero attached hydrogens (tertiary/aromatic N) is 1. The number of aromatic amines is 1. The number of hydrogen-bond donors (Lipinski definition) is 2. The molecular weight excluding hydrogens is 198 g/mol. The maximum atomic E-state index is 5.88. The fraction of sp³-hybridized carbons (Fsp3) is 0. The van der Waals surface area contributed by atoms with E-state index in [2.05, 4.69) is 16.0 Å². The van der Waals surface area contributed by atoms with Gasteiger partial charge in [0.1, 0.15) is 5.82 Å². The van der Waals surface area contributed by atoms with Crippen molar-refractivity contribution in [1.82, 2.24) is 9.97 Å². The molecule has 0 saturated heterocycles. The van der Waals surface area contributed by atoms with Crippen LogP contribution in [0.3, 0.4) is 0 Å². The molecule has 1 heterocycles. The highest BCUT2D eigenvalue weighted by molar-refractivity contribution is 5.81. The number of para-hydroxylation sites is 2. The Balaban J connectivity index is 2.23. The largest absolute Gasteiger partial charge is 0.398 e. The van der Waals surface area contributed by atoms with Crippen molar-refractivity contribution in [1.29, 1.82) is 0 Å². The molecule has 0 bridgehead atoms. The minimum absolute atomic E-state index is 0.682. The lowest BCUT2D eigenvalue weighted by atomic mass is 10.2. The van der Waals surface area contributed by atoms with Crippen molar-refractivity contribution in [3.63, 3.8) is 0 Å². The molecular formula is C13H10N3. The van der Waals surface area contributed by atoms with Gasteiger partial charge in [-0.1, -0.05) is 24.3 Å². The van der Waals surface area contributed by atoms with E-state index in [1.807, 2.05) is 42.5 Å². The Morgan fingerprint density at radius 1 is 1.12 bits per heavy atom. The standard InChI is InChI=1S/C13H10N3/c14-10-6-2-1-5-9(10)13-15-11-7-3-4-8-12(11)16-13/h1-4,6-8H,14H2,(H,15,16). The Hall–Kier alpha value is -2.29. The summed E-state index contributed by atoms with van der Waals surface area (Å²) in [5, 5.41) is 0. The highest BCUT2D eigenvalue weighted by Crippen LogP contribution is 2.24. The quantitative estimate of drug-likeness (QED) is 0.604. The average Bonchev–Trinajstić information content (AvgIpc) is 2.73. The van der Waals surface area contributed by atoms with Gasteiger partial charge < -0.3 is 10.7 Å². The number of anilines is 1. The summed E-state index contributed by atoms with van der Waals surface area (Å²) in [5.41, 5.74) is 9.33. The van der Waals surface area contributed by atoms with E-state index >= 15 is 0 Å². The number of fused-ring (bicyclic) bond motifs is 1. The van der Waals surface area contributed by atoms with Crippen LogP contribution in [0.25, 0.3) is 22.4 Å². The molecule has 0 aliphatic heterocycles. The number of rotatable bonds is 1. The first kappa shape index (κ1) is 8.97. The van der Waals surface area contributed by atoms with Crippen LogP contribution in [-0.4, -0.2) is 9.97 Å². The molecule has 0 amide bonds. The number of nitrogen functional groups attached to an aromatic ring is 1. The lowest BCUT2D eigenvalue weighted by molar-refractivity contribution is 1.33. The van der Waals surface area contributed by atoms with E-state index in [1.165, 1.54) is 0 Å². The molecule has 0 unspecified atom stereocenters. The summed E-state index contributed by atoms with van der Waals surface area (Å²) in [6, 6.07) is 16.5. The van der Waals surface area contributed by atoms with Gasteiger partial charge >= 0.3 is 0 Å². The molecule has 0 atom stereocenters. The first-order valence-electron chi connectivity index (χ1n) is 5.06. The Kier molecular flexibility index (Phi) is 1.90. The fourth-order valence-electron chi connectivity index (χ4n) is 1.73. The van der Waals surface area contributed by atoms with Crippen LogP contribution in [0.5, 0.6) is 0 Å². The summed E-state index contributed by atoms with van der Waals surface area (Å²) < 4.78 is 0. The Morgan fingerprint density at radius 2 is 2.00 bits per heavy atom. The Morgan fingerprint density at radius 3 is 2.81 bits per heavy atom. The van der Waals surface area contributed by atoms with Gasteiger partial charge in [-0.15, -0.1) is 0 Å². The average molecular weight is 208 g/mol. The first-order chi connectivity index (χ1) is 7.84. The van der Waals surface area contributed by atoms with E-state index in [0.717, 1.165) is 22.4 Å². The van der Waals surface area contributed by atoms with Crippen LogP contribution in [0.2, 0.25) is 0 Å². The second-order valence-electron chi connectivity index (χ2n) is 3.60. The second kappa shape index (κ2) is 3.38. The topological polar surface area (TPSA) is 54.7 Å². The van der Waals surface area contributed by atoms with Crippen molar-refractivity contribution in [3.05, 3.63) is 48.5 Å². The van der Waals surface area contributed by atoms with E-state index in [4.69, 9.17) is 5.73 Å². The molecule has 2 aromatic carbocycles. The molecule has 0 aliphatic carbocycles. The van der Waals surface area contributed by atoms with Crippen LogP contribution in [-0.2, 0) is 0 Å². The molecule has 3 aromatic rings. The maximum absolute atomic E-state index is 5.88. The van der Waals surface area contributed by atoms with Crippen LogP contribution in [0.4, 0.5) is 5.69 Å². The third-order valence-electron chi connectivity index (χ3n) is 2.51. The predicted molar refractivity (Wildman–Crippen MR) is 64.8 cm³/mol. The molecule has 0 aliphatic rings. The smallest absolute Gasteiger partial charge is 0.141 e. The highest BCUT2D eigenvalue weighted by Gasteiger charge is 2.06. The third kappa shape index (κ3) is 1.34. The SMILES string of the molecule is Nc1ccc[c]c1-c1nc2ccccc2[nH]1. The number of H-pyrrole nitrogens is 1. The number of imidazole rings is 1. The van der Waals surface area contributed by atoms with Crippen LogP contribution in [0, 0.1) is 6.07 Å². The minimum Gasteiger partial charge on any atom is -0.398 e. The first-order valence-corrected chi connectivity index (χ1v) is 5.06. The number of aromatic nitrogens is 2. The second-order valence-corrected chi connectivity index (χ2v) is 3.60. The predicted octanol–water partition coefficient (Wildman–Crippen LogP) is 2.61. The molecule has 3 N–H and O–H groups in total. The van der Waals surface area contributed by atoms with Crippen molar-refractivity contribution >= 4 is 16.7 Å². The summed E-state index contributed by atoms with van der Waals surface area (Å²) in [6.45, 7) is 0.